The molecule has 5 nitrogen and oxygen atoms in total. The normalized spacial score (nSPS) is 21.5. The second-order valence-corrected chi connectivity index (χ2v) is 7.75. The Morgan fingerprint density at radius 2 is 1.78 bits per heavy atom. The molecule has 27 heavy (non-hydrogen) atoms. The van der Waals surface area contributed by atoms with E-state index in [9.17, 15) is 14.4 Å². The summed E-state index contributed by atoms with van der Waals surface area (Å²) in [5, 5.41) is 3.14. The summed E-state index contributed by atoms with van der Waals surface area (Å²) in [5.41, 5.74) is 3.03. The molecule has 0 aliphatic carbocycles. The summed E-state index contributed by atoms with van der Waals surface area (Å²) >= 11 is 0. The molecule has 2 saturated heterocycles. The third kappa shape index (κ3) is 3.62. The molecular weight excluding hydrogens is 340 g/mol. The minimum Gasteiger partial charge on any atom is -0.349 e. The zero-order valence-electron chi connectivity index (χ0n) is 16.4. The highest BCUT2D eigenvalue weighted by molar-refractivity contribution is 6.10. The van der Waals surface area contributed by atoms with E-state index in [-0.39, 0.29) is 17.6 Å². The van der Waals surface area contributed by atoms with Gasteiger partial charge in [0.1, 0.15) is 5.92 Å². The Balaban J connectivity index is 1.85. The van der Waals surface area contributed by atoms with E-state index in [2.05, 4.69) is 17.2 Å². The van der Waals surface area contributed by atoms with Gasteiger partial charge in [0.2, 0.25) is 11.8 Å². The molecule has 142 valence electrons. The first kappa shape index (κ1) is 19.2. The van der Waals surface area contributed by atoms with Crippen LogP contribution in [0.3, 0.4) is 0 Å². The topological polar surface area (TPSA) is 66.5 Å². The molecule has 2 fully saturated rings. The number of amides is 2. The van der Waals surface area contributed by atoms with Crippen LogP contribution in [0.1, 0.15) is 61.3 Å². The van der Waals surface area contributed by atoms with Gasteiger partial charge >= 0.3 is 0 Å². The molecule has 2 heterocycles. The van der Waals surface area contributed by atoms with Crippen molar-refractivity contribution in [3.05, 3.63) is 34.4 Å². The van der Waals surface area contributed by atoms with Gasteiger partial charge in [-0.2, -0.15) is 0 Å². The van der Waals surface area contributed by atoms with Crippen LogP contribution in [0.2, 0.25) is 0 Å². The minimum absolute atomic E-state index is 0.0319. The molecule has 1 atom stereocenters. The second kappa shape index (κ2) is 7.19. The summed E-state index contributed by atoms with van der Waals surface area (Å²) in [6.07, 6.45) is 1.57. The van der Waals surface area contributed by atoms with E-state index in [0.29, 0.717) is 32.4 Å². The van der Waals surface area contributed by atoms with E-state index < -0.39 is 11.5 Å². The summed E-state index contributed by atoms with van der Waals surface area (Å²) in [7, 11) is 0. The maximum absolute atomic E-state index is 13.0. The molecule has 0 aromatic heterocycles. The van der Waals surface area contributed by atoms with Crippen LogP contribution in [0.5, 0.6) is 0 Å². The molecule has 1 aromatic rings. The Morgan fingerprint density at radius 3 is 2.26 bits per heavy atom. The minimum atomic E-state index is -0.759. The Morgan fingerprint density at radius 1 is 1.19 bits per heavy atom. The molecule has 0 saturated carbocycles. The van der Waals surface area contributed by atoms with Crippen LogP contribution in [0.25, 0.3) is 0 Å². The van der Waals surface area contributed by atoms with E-state index >= 15 is 0 Å². The van der Waals surface area contributed by atoms with Crippen molar-refractivity contribution in [2.75, 3.05) is 13.1 Å². The summed E-state index contributed by atoms with van der Waals surface area (Å²) < 4.78 is 0. The number of piperidine rings is 2. The highest BCUT2D eigenvalue weighted by Crippen LogP contribution is 2.36. The number of aryl methyl sites for hydroxylation is 2. The van der Waals surface area contributed by atoms with E-state index in [4.69, 9.17) is 0 Å². The van der Waals surface area contributed by atoms with E-state index in [1.54, 1.807) is 18.7 Å². The average Bonchev–Trinajstić information content (AvgIpc) is 2.57. The number of carbonyl (C=O) groups is 3. The van der Waals surface area contributed by atoms with Crippen LogP contribution in [0.15, 0.2) is 12.1 Å². The summed E-state index contributed by atoms with van der Waals surface area (Å²) in [6, 6.07) is 3.88. The number of rotatable bonds is 1. The van der Waals surface area contributed by atoms with Gasteiger partial charge in [0.25, 0.3) is 0 Å². The fourth-order valence-corrected chi connectivity index (χ4v) is 4.45. The maximum Gasteiger partial charge on any atom is 0.235 e. The molecule has 1 N–H and O–H groups in total. The number of nitrogens with one attached hydrogen (secondary N) is 1. The van der Waals surface area contributed by atoms with E-state index in [0.717, 1.165) is 22.3 Å². The molecule has 2 aliphatic heterocycles. The van der Waals surface area contributed by atoms with Crippen molar-refractivity contribution in [1.29, 1.82) is 0 Å². The summed E-state index contributed by atoms with van der Waals surface area (Å²) in [6.45, 7) is 8.36. The van der Waals surface area contributed by atoms with Crippen LogP contribution in [-0.2, 0) is 14.4 Å². The predicted octanol–water partition coefficient (Wildman–Crippen LogP) is 2.23. The van der Waals surface area contributed by atoms with Gasteiger partial charge in [0, 0.05) is 32.0 Å². The van der Waals surface area contributed by atoms with Gasteiger partial charge in [-0.05, 0) is 62.4 Å². The maximum atomic E-state index is 13.0. The summed E-state index contributed by atoms with van der Waals surface area (Å²) in [4.78, 5) is 39.3. The monoisotopic (exact) mass is 366 g/mol. The van der Waals surface area contributed by atoms with Crippen molar-refractivity contribution in [3.8, 4) is 11.8 Å². The molecule has 2 aliphatic rings. The number of likely N-dealkylation sites (tertiary alicyclic amines) is 1. The van der Waals surface area contributed by atoms with Gasteiger partial charge in [0.05, 0.1) is 5.54 Å². The number of ketones is 1. The van der Waals surface area contributed by atoms with Crippen molar-refractivity contribution in [2.45, 2.75) is 58.4 Å². The molecule has 2 amide bonds. The predicted molar refractivity (Wildman–Crippen MR) is 103 cm³/mol. The van der Waals surface area contributed by atoms with Gasteiger partial charge in [0.15, 0.2) is 5.78 Å². The second-order valence-electron chi connectivity index (χ2n) is 7.75. The molecule has 0 radical (unpaired) electrons. The van der Waals surface area contributed by atoms with Crippen molar-refractivity contribution < 1.29 is 14.4 Å². The summed E-state index contributed by atoms with van der Waals surface area (Å²) in [5.74, 6) is 4.94. The van der Waals surface area contributed by atoms with Gasteiger partial charge in [-0.15, -0.1) is 5.92 Å². The lowest BCUT2D eigenvalue weighted by molar-refractivity contribution is -0.138. The molecule has 1 spiro atoms. The van der Waals surface area contributed by atoms with E-state index in [1.807, 2.05) is 26.0 Å². The largest absolute Gasteiger partial charge is 0.349 e. The lowest BCUT2D eigenvalue weighted by Crippen LogP contribution is -2.61. The third-order valence-corrected chi connectivity index (χ3v) is 5.80. The lowest BCUT2D eigenvalue weighted by atomic mass is 9.73. The van der Waals surface area contributed by atoms with E-state index in [1.165, 1.54) is 0 Å². The van der Waals surface area contributed by atoms with Crippen LogP contribution >= 0.6 is 0 Å². The zero-order chi connectivity index (χ0) is 19.8. The number of Topliss-reactive ketones (excluding diaryl/α,β-unsaturated/α-hetero) is 1. The van der Waals surface area contributed by atoms with Crippen LogP contribution in [-0.4, -0.2) is 41.1 Å². The Labute approximate surface area is 160 Å². The third-order valence-electron chi connectivity index (χ3n) is 5.80. The van der Waals surface area contributed by atoms with Crippen molar-refractivity contribution in [2.24, 2.45) is 0 Å². The molecule has 3 rings (SSSR count). The highest BCUT2D eigenvalue weighted by atomic mass is 16.2. The number of hydrogen-bond acceptors (Lipinski definition) is 3. The average molecular weight is 366 g/mol. The standard InChI is InChI=1S/C22H26N2O3/c1-5-6-17-11-14(2)19(15(3)12-17)20-18(26)13-22(23-21(20)27)7-9-24(10-8-22)16(4)25/h11-12,20H,7-10,13H2,1-4H3,(H,23,27). The Kier molecular flexibility index (Phi) is 5.10. The Bertz CT molecular complexity index is 824. The van der Waals surface area contributed by atoms with Gasteiger partial charge in [-0.25, -0.2) is 0 Å². The molecule has 5 heteroatoms. The molecule has 1 unspecified atom stereocenters. The zero-order valence-corrected chi connectivity index (χ0v) is 16.4. The van der Waals surface area contributed by atoms with Crippen LogP contribution in [0.4, 0.5) is 0 Å². The molecule has 1 aromatic carbocycles. The number of hydrogen-bond donors (Lipinski definition) is 1. The molecule has 0 bridgehead atoms. The SMILES string of the molecule is CC#Cc1cc(C)c(C2C(=O)CC3(CCN(C(C)=O)CC3)NC2=O)c(C)c1. The first-order chi connectivity index (χ1) is 12.8. The lowest BCUT2D eigenvalue weighted by Gasteiger charge is -2.45. The van der Waals surface area contributed by atoms with Crippen molar-refractivity contribution in [1.82, 2.24) is 10.2 Å². The van der Waals surface area contributed by atoms with Crippen LogP contribution < -0.4 is 5.32 Å². The van der Waals surface area contributed by atoms with Crippen LogP contribution in [0, 0.1) is 25.7 Å². The number of benzene rings is 1. The number of nitrogens with zero attached hydrogens (tertiary/aromatic N) is 1. The Hall–Kier alpha value is -2.61. The van der Waals surface area contributed by atoms with Gasteiger partial charge < -0.3 is 10.2 Å². The fraction of sp³-hybridized carbons (Fsp3) is 0.500. The molecular formula is C22H26N2O3. The fourth-order valence-electron chi connectivity index (χ4n) is 4.45. The number of carbonyl (C=O) groups excluding carboxylic acids is 3. The smallest absolute Gasteiger partial charge is 0.235 e. The first-order valence-electron chi connectivity index (χ1n) is 9.40. The quantitative estimate of drug-likeness (QED) is 0.612. The highest BCUT2D eigenvalue weighted by Gasteiger charge is 2.47. The first-order valence-corrected chi connectivity index (χ1v) is 9.40. The van der Waals surface area contributed by atoms with Gasteiger partial charge in [-0.1, -0.05) is 5.92 Å². The van der Waals surface area contributed by atoms with Crippen molar-refractivity contribution >= 4 is 17.6 Å². The van der Waals surface area contributed by atoms with Crippen molar-refractivity contribution in [3.63, 3.8) is 0 Å². The van der Waals surface area contributed by atoms with Gasteiger partial charge in [-0.3, -0.25) is 14.4 Å².